The fraction of sp³-hybridized carbons (Fsp3) is 0.333. The highest BCUT2D eigenvalue weighted by Gasteiger charge is 2.14. The van der Waals surface area contributed by atoms with Gasteiger partial charge in [-0.25, -0.2) is 4.98 Å². The molecule has 1 unspecified atom stereocenters. The third-order valence-corrected chi connectivity index (χ3v) is 3.62. The molecule has 1 aromatic carbocycles. The first-order valence-electron chi connectivity index (χ1n) is 7.20. The van der Waals surface area contributed by atoms with Crippen LogP contribution in [0, 0.1) is 0 Å². The number of hydrogen-bond acceptors (Lipinski definition) is 4. The Kier molecular flexibility index (Phi) is 3.98. The number of nitrogens with zero attached hydrogens (tertiary/aromatic N) is 4. The first-order chi connectivity index (χ1) is 10.3. The van der Waals surface area contributed by atoms with Crippen molar-refractivity contribution in [3.63, 3.8) is 0 Å². The van der Waals surface area contributed by atoms with Gasteiger partial charge < -0.3 is 4.57 Å². The molecule has 0 aliphatic rings. The SMILES string of the molecule is CCCn1cc(C(Cn2cnc3ccccc32)NN)cn1. The molecule has 1 atom stereocenters. The van der Waals surface area contributed by atoms with Gasteiger partial charge in [-0.05, 0) is 18.6 Å². The lowest BCUT2D eigenvalue weighted by Gasteiger charge is -2.15. The Morgan fingerprint density at radius 1 is 1.33 bits per heavy atom. The molecule has 0 radical (unpaired) electrons. The predicted molar refractivity (Wildman–Crippen MR) is 82.3 cm³/mol. The van der Waals surface area contributed by atoms with Crippen molar-refractivity contribution in [1.29, 1.82) is 0 Å². The van der Waals surface area contributed by atoms with Crippen molar-refractivity contribution < 1.29 is 0 Å². The van der Waals surface area contributed by atoms with Gasteiger partial charge in [0.1, 0.15) is 0 Å². The van der Waals surface area contributed by atoms with Gasteiger partial charge in [-0.15, -0.1) is 0 Å². The van der Waals surface area contributed by atoms with Crippen LogP contribution < -0.4 is 11.3 Å². The molecule has 0 aliphatic heterocycles. The van der Waals surface area contributed by atoms with E-state index >= 15 is 0 Å². The number of nitrogens with one attached hydrogen (secondary N) is 1. The Balaban J connectivity index is 1.83. The number of para-hydroxylation sites is 2. The van der Waals surface area contributed by atoms with Crippen LogP contribution in [0.1, 0.15) is 24.9 Å². The van der Waals surface area contributed by atoms with Crippen LogP contribution in [0.15, 0.2) is 43.0 Å². The summed E-state index contributed by atoms with van der Waals surface area (Å²) in [4.78, 5) is 4.41. The highest BCUT2D eigenvalue weighted by Crippen LogP contribution is 2.18. The van der Waals surface area contributed by atoms with Crippen molar-refractivity contribution in [2.45, 2.75) is 32.5 Å². The van der Waals surface area contributed by atoms with Crippen LogP contribution in [0.3, 0.4) is 0 Å². The highest BCUT2D eigenvalue weighted by atomic mass is 15.3. The fourth-order valence-electron chi connectivity index (χ4n) is 2.52. The van der Waals surface area contributed by atoms with Gasteiger partial charge in [0.25, 0.3) is 0 Å². The van der Waals surface area contributed by atoms with Crippen LogP contribution in [0.25, 0.3) is 11.0 Å². The lowest BCUT2D eigenvalue weighted by molar-refractivity contribution is 0.480. The molecule has 0 fully saturated rings. The van der Waals surface area contributed by atoms with E-state index in [4.69, 9.17) is 5.84 Å². The van der Waals surface area contributed by atoms with Crippen molar-refractivity contribution in [1.82, 2.24) is 24.8 Å². The number of benzene rings is 1. The molecule has 6 nitrogen and oxygen atoms in total. The number of fused-ring (bicyclic) bond motifs is 1. The summed E-state index contributed by atoms with van der Waals surface area (Å²) in [5, 5.41) is 4.36. The van der Waals surface area contributed by atoms with Gasteiger partial charge in [-0.2, -0.15) is 5.10 Å². The van der Waals surface area contributed by atoms with Crippen LogP contribution in [0.2, 0.25) is 0 Å². The number of aryl methyl sites for hydroxylation is 1. The molecule has 3 aromatic rings. The van der Waals surface area contributed by atoms with Gasteiger partial charge in [0.05, 0.1) is 29.6 Å². The zero-order chi connectivity index (χ0) is 14.7. The van der Waals surface area contributed by atoms with E-state index in [0.717, 1.165) is 36.1 Å². The second-order valence-corrected chi connectivity index (χ2v) is 5.14. The second-order valence-electron chi connectivity index (χ2n) is 5.14. The molecule has 0 aliphatic carbocycles. The summed E-state index contributed by atoms with van der Waals surface area (Å²) in [7, 11) is 0. The van der Waals surface area contributed by atoms with E-state index in [2.05, 4.69) is 33.1 Å². The van der Waals surface area contributed by atoms with E-state index in [1.165, 1.54) is 0 Å². The Morgan fingerprint density at radius 2 is 2.19 bits per heavy atom. The zero-order valence-electron chi connectivity index (χ0n) is 12.1. The predicted octanol–water partition coefficient (Wildman–Crippen LogP) is 1.85. The number of hydrazine groups is 1. The van der Waals surface area contributed by atoms with Gasteiger partial charge >= 0.3 is 0 Å². The summed E-state index contributed by atoms with van der Waals surface area (Å²) in [6, 6.07) is 8.10. The van der Waals surface area contributed by atoms with Gasteiger partial charge in [0.15, 0.2) is 0 Å². The lowest BCUT2D eigenvalue weighted by Crippen LogP contribution is -2.30. The monoisotopic (exact) mass is 284 g/mol. The van der Waals surface area contributed by atoms with E-state index in [0.29, 0.717) is 0 Å². The molecule has 0 saturated heterocycles. The van der Waals surface area contributed by atoms with Crippen molar-refractivity contribution >= 4 is 11.0 Å². The largest absolute Gasteiger partial charge is 0.329 e. The quantitative estimate of drug-likeness (QED) is 0.535. The first-order valence-corrected chi connectivity index (χ1v) is 7.20. The van der Waals surface area contributed by atoms with Gasteiger partial charge in [-0.3, -0.25) is 16.0 Å². The third-order valence-electron chi connectivity index (χ3n) is 3.62. The molecule has 0 spiro atoms. The highest BCUT2D eigenvalue weighted by molar-refractivity contribution is 5.74. The summed E-state index contributed by atoms with van der Waals surface area (Å²) in [5.41, 5.74) is 6.07. The molecule has 0 bridgehead atoms. The molecule has 2 heterocycles. The Labute approximate surface area is 123 Å². The Hall–Kier alpha value is -2.18. The normalized spacial score (nSPS) is 12.9. The van der Waals surface area contributed by atoms with Crippen LogP contribution in [0.5, 0.6) is 0 Å². The maximum Gasteiger partial charge on any atom is 0.0958 e. The van der Waals surface area contributed by atoms with Crippen LogP contribution in [-0.2, 0) is 13.1 Å². The molecule has 6 heteroatoms. The van der Waals surface area contributed by atoms with Gasteiger partial charge in [-0.1, -0.05) is 19.1 Å². The molecule has 21 heavy (non-hydrogen) atoms. The summed E-state index contributed by atoms with van der Waals surface area (Å²) in [5.74, 6) is 5.73. The smallest absolute Gasteiger partial charge is 0.0958 e. The van der Waals surface area contributed by atoms with Crippen LogP contribution in [-0.4, -0.2) is 19.3 Å². The third kappa shape index (κ3) is 2.81. The second kappa shape index (κ2) is 6.07. The molecular weight excluding hydrogens is 264 g/mol. The maximum atomic E-state index is 5.73. The standard InChI is InChI=1S/C15H20N6/c1-2-7-21-9-12(8-18-21)14(19-16)10-20-11-17-13-5-3-4-6-15(13)20/h3-6,8-9,11,14,19H,2,7,10,16H2,1H3. The average Bonchev–Trinajstić information content (AvgIpc) is 3.12. The zero-order valence-corrected chi connectivity index (χ0v) is 12.1. The topological polar surface area (TPSA) is 73.7 Å². The molecule has 2 aromatic heterocycles. The number of rotatable bonds is 6. The molecule has 0 saturated carbocycles. The summed E-state index contributed by atoms with van der Waals surface area (Å²) >= 11 is 0. The molecule has 3 rings (SSSR count). The summed E-state index contributed by atoms with van der Waals surface area (Å²) < 4.78 is 4.06. The van der Waals surface area contributed by atoms with E-state index in [-0.39, 0.29) is 6.04 Å². The fourth-order valence-corrected chi connectivity index (χ4v) is 2.52. The van der Waals surface area contributed by atoms with E-state index in [1.807, 2.05) is 41.6 Å². The molecule has 3 N–H and O–H groups in total. The van der Waals surface area contributed by atoms with E-state index < -0.39 is 0 Å². The van der Waals surface area contributed by atoms with Gasteiger partial charge in [0.2, 0.25) is 0 Å². The molecule has 110 valence electrons. The van der Waals surface area contributed by atoms with Crippen molar-refractivity contribution in [2.75, 3.05) is 0 Å². The maximum absolute atomic E-state index is 5.73. The molecule has 0 amide bonds. The van der Waals surface area contributed by atoms with Crippen molar-refractivity contribution in [3.05, 3.63) is 48.5 Å². The minimum Gasteiger partial charge on any atom is -0.329 e. The Bertz CT molecular complexity index is 714. The van der Waals surface area contributed by atoms with E-state index in [1.54, 1.807) is 0 Å². The van der Waals surface area contributed by atoms with Gasteiger partial charge in [0, 0.05) is 24.8 Å². The number of imidazole rings is 1. The average molecular weight is 284 g/mol. The number of hydrogen-bond donors (Lipinski definition) is 2. The lowest BCUT2D eigenvalue weighted by atomic mass is 10.1. The number of aromatic nitrogens is 4. The van der Waals surface area contributed by atoms with E-state index in [9.17, 15) is 0 Å². The summed E-state index contributed by atoms with van der Waals surface area (Å²) in [6.45, 7) is 3.78. The van der Waals surface area contributed by atoms with Crippen LogP contribution in [0.4, 0.5) is 0 Å². The number of nitrogens with two attached hydrogens (primary N) is 1. The molecular formula is C15H20N6. The minimum absolute atomic E-state index is 0.00760. The van der Waals surface area contributed by atoms with Crippen molar-refractivity contribution in [3.8, 4) is 0 Å². The Morgan fingerprint density at radius 3 is 3.00 bits per heavy atom. The van der Waals surface area contributed by atoms with Crippen LogP contribution >= 0.6 is 0 Å². The van der Waals surface area contributed by atoms with Crippen molar-refractivity contribution in [2.24, 2.45) is 5.84 Å². The summed E-state index contributed by atoms with van der Waals surface area (Å²) in [6.07, 6.45) is 6.84. The first kappa shape index (κ1) is 13.8. The minimum atomic E-state index is 0.00760.